The third-order valence-electron chi connectivity index (χ3n) is 3.83. The molecular formula is C20H22N2O4. The van der Waals surface area contributed by atoms with Gasteiger partial charge in [-0.05, 0) is 51.5 Å². The van der Waals surface area contributed by atoms with Crippen molar-refractivity contribution in [2.75, 3.05) is 16.8 Å². The van der Waals surface area contributed by atoms with Crippen LogP contribution in [0.5, 0.6) is 5.75 Å². The number of amides is 2. The Kier molecular flexibility index (Phi) is 4.84. The molecule has 0 fully saturated rings. The minimum atomic E-state index is -0.569. The van der Waals surface area contributed by atoms with Crippen molar-refractivity contribution in [3.8, 4) is 5.75 Å². The number of hydrogen-bond acceptors (Lipinski definition) is 4. The van der Waals surface area contributed by atoms with Crippen LogP contribution in [0.2, 0.25) is 0 Å². The Morgan fingerprint density at radius 2 is 1.77 bits per heavy atom. The lowest BCUT2D eigenvalue weighted by molar-refractivity contribution is 0.0584. The second-order valence-electron chi connectivity index (χ2n) is 7.01. The van der Waals surface area contributed by atoms with Gasteiger partial charge in [0.2, 0.25) is 0 Å². The van der Waals surface area contributed by atoms with Gasteiger partial charge in [0.1, 0.15) is 11.4 Å². The van der Waals surface area contributed by atoms with Crippen LogP contribution < -0.4 is 15.0 Å². The summed E-state index contributed by atoms with van der Waals surface area (Å²) in [5.74, 6) is 0.466. The van der Waals surface area contributed by atoms with Gasteiger partial charge in [-0.15, -0.1) is 0 Å². The number of rotatable bonds is 2. The van der Waals surface area contributed by atoms with Crippen molar-refractivity contribution in [3.05, 3.63) is 54.1 Å². The van der Waals surface area contributed by atoms with E-state index in [9.17, 15) is 9.59 Å². The molecule has 0 unspecified atom stereocenters. The summed E-state index contributed by atoms with van der Waals surface area (Å²) >= 11 is 0. The lowest BCUT2D eigenvalue weighted by Crippen LogP contribution is -2.35. The third kappa shape index (κ3) is 4.14. The molecule has 3 rings (SSSR count). The average Bonchev–Trinajstić information content (AvgIpc) is 2.99. The predicted octanol–water partition coefficient (Wildman–Crippen LogP) is 4.60. The van der Waals surface area contributed by atoms with E-state index in [1.165, 1.54) is 0 Å². The molecular weight excluding hydrogens is 332 g/mol. The molecule has 1 N–H and O–H groups in total. The van der Waals surface area contributed by atoms with Crippen LogP contribution in [0.3, 0.4) is 0 Å². The maximum Gasteiger partial charge on any atom is 0.417 e. The van der Waals surface area contributed by atoms with E-state index in [-0.39, 0.29) is 6.09 Å². The number of nitrogens with one attached hydrogen (secondary N) is 1. The Balaban J connectivity index is 1.74. The molecule has 0 aliphatic carbocycles. The van der Waals surface area contributed by atoms with Crippen molar-refractivity contribution >= 4 is 23.6 Å². The van der Waals surface area contributed by atoms with Crippen molar-refractivity contribution in [2.45, 2.75) is 32.8 Å². The molecule has 26 heavy (non-hydrogen) atoms. The normalized spacial score (nSPS) is 13.1. The summed E-state index contributed by atoms with van der Waals surface area (Å²) in [6.45, 7) is 6.01. The topological polar surface area (TPSA) is 67.9 Å². The first-order valence-corrected chi connectivity index (χ1v) is 8.50. The summed E-state index contributed by atoms with van der Waals surface area (Å²) in [5, 5.41) is 2.76. The maximum absolute atomic E-state index is 12.4. The van der Waals surface area contributed by atoms with Gasteiger partial charge >= 0.3 is 12.2 Å². The number of hydrogen-bond donors (Lipinski definition) is 1. The number of carbonyl (C=O) groups excluding carboxylic acids is 2. The Morgan fingerprint density at radius 3 is 2.46 bits per heavy atom. The van der Waals surface area contributed by atoms with Crippen molar-refractivity contribution in [1.29, 1.82) is 0 Å². The van der Waals surface area contributed by atoms with Crippen molar-refractivity contribution < 1.29 is 19.1 Å². The Bertz CT molecular complexity index is 812. The average molecular weight is 354 g/mol. The predicted molar refractivity (Wildman–Crippen MR) is 99.8 cm³/mol. The Morgan fingerprint density at radius 1 is 1.04 bits per heavy atom. The molecule has 1 heterocycles. The van der Waals surface area contributed by atoms with E-state index in [1.807, 2.05) is 32.9 Å². The highest BCUT2D eigenvalue weighted by atomic mass is 16.6. The fraction of sp³-hybridized carbons (Fsp3) is 0.300. The van der Waals surface area contributed by atoms with E-state index in [4.69, 9.17) is 9.47 Å². The van der Waals surface area contributed by atoms with Crippen LogP contribution >= 0.6 is 0 Å². The summed E-state index contributed by atoms with van der Waals surface area (Å²) in [6.07, 6.45) is -0.323. The van der Waals surface area contributed by atoms with Gasteiger partial charge in [-0.3, -0.25) is 10.2 Å². The molecule has 0 aromatic heterocycles. The fourth-order valence-electron chi connectivity index (χ4n) is 2.79. The minimum absolute atomic E-state index is 0.389. The zero-order chi connectivity index (χ0) is 18.7. The zero-order valence-corrected chi connectivity index (χ0v) is 15.1. The van der Waals surface area contributed by atoms with E-state index < -0.39 is 11.7 Å². The number of para-hydroxylation sites is 1. The van der Waals surface area contributed by atoms with Gasteiger partial charge in [0.15, 0.2) is 0 Å². The first-order chi connectivity index (χ1) is 12.3. The summed E-state index contributed by atoms with van der Waals surface area (Å²) in [7, 11) is 0. The molecule has 2 aromatic carbocycles. The van der Waals surface area contributed by atoms with Crippen molar-refractivity contribution in [3.63, 3.8) is 0 Å². The molecule has 0 saturated carbocycles. The zero-order valence-electron chi connectivity index (χ0n) is 15.1. The van der Waals surface area contributed by atoms with Crippen LogP contribution in [-0.2, 0) is 11.2 Å². The number of anilines is 2. The molecule has 6 nitrogen and oxygen atoms in total. The number of benzene rings is 2. The van der Waals surface area contributed by atoms with Gasteiger partial charge in [0.05, 0.1) is 5.69 Å². The molecule has 136 valence electrons. The SMILES string of the molecule is CC(C)(C)OC(=O)N1CCc2c(NC(=O)Oc3ccccc3)cccc21. The summed E-state index contributed by atoms with van der Waals surface area (Å²) in [6, 6.07) is 14.3. The highest BCUT2D eigenvalue weighted by Crippen LogP contribution is 2.34. The Hall–Kier alpha value is -3.02. The van der Waals surface area contributed by atoms with Gasteiger partial charge < -0.3 is 9.47 Å². The second kappa shape index (κ2) is 7.07. The highest BCUT2D eigenvalue weighted by molar-refractivity contribution is 5.95. The van der Waals surface area contributed by atoms with Gasteiger partial charge in [-0.2, -0.15) is 0 Å². The highest BCUT2D eigenvalue weighted by Gasteiger charge is 2.30. The van der Waals surface area contributed by atoms with Crippen LogP contribution in [0.25, 0.3) is 0 Å². The van der Waals surface area contributed by atoms with Crippen molar-refractivity contribution in [1.82, 2.24) is 0 Å². The van der Waals surface area contributed by atoms with Crippen molar-refractivity contribution in [2.24, 2.45) is 0 Å². The van der Waals surface area contributed by atoms with Crippen LogP contribution in [0, 0.1) is 0 Å². The molecule has 0 atom stereocenters. The fourth-order valence-corrected chi connectivity index (χ4v) is 2.79. The number of ether oxygens (including phenoxy) is 2. The monoisotopic (exact) mass is 354 g/mol. The second-order valence-corrected chi connectivity index (χ2v) is 7.01. The number of carbonyl (C=O) groups is 2. The van der Waals surface area contributed by atoms with Crippen LogP contribution in [-0.4, -0.2) is 24.3 Å². The van der Waals surface area contributed by atoms with Gasteiger partial charge in [-0.25, -0.2) is 9.59 Å². The lowest BCUT2D eigenvalue weighted by Gasteiger charge is -2.24. The van der Waals surface area contributed by atoms with E-state index in [2.05, 4.69) is 5.32 Å². The standard InChI is InChI=1S/C20H22N2O4/c1-20(2,3)26-19(24)22-13-12-15-16(10-7-11-17(15)22)21-18(23)25-14-8-5-4-6-9-14/h4-11H,12-13H2,1-3H3,(H,21,23). The first kappa shape index (κ1) is 17.8. The molecule has 0 spiro atoms. The van der Waals surface area contributed by atoms with Gasteiger partial charge in [0.25, 0.3) is 0 Å². The van der Waals surface area contributed by atoms with E-state index in [0.29, 0.717) is 24.4 Å². The summed E-state index contributed by atoms with van der Waals surface area (Å²) in [5.41, 5.74) is 1.71. The number of nitrogens with zero attached hydrogens (tertiary/aromatic N) is 1. The first-order valence-electron chi connectivity index (χ1n) is 8.50. The van der Waals surface area contributed by atoms with Crippen LogP contribution in [0.1, 0.15) is 26.3 Å². The molecule has 1 aliphatic heterocycles. The summed E-state index contributed by atoms with van der Waals surface area (Å²) in [4.78, 5) is 26.1. The lowest BCUT2D eigenvalue weighted by atomic mass is 10.1. The molecule has 2 amide bonds. The molecule has 0 bridgehead atoms. The van der Waals surface area contributed by atoms with Gasteiger partial charge in [0, 0.05) is 17.8 Å². The molecule has 6 heteroatoms. The molecule has 1 aliphatic rings. The molecule has 0 saturated heterocycles. The maximum atomic E-state index is 12.4. The van der Waals surface area contributed by atoms with Crippen LogP contribution in [0.15, 0.2) is 48.5 Å². The number of fused-ring (bicyclic) bond motifs is 1. The van der Waals surface area contributed by atoms with E-state index in [0.717, 1.165) is 11.3 Å². The molecule has 2 aromatic rings. The van der Waals surface area contributed by atoms with Gasteiger partial charge in [-0.1, -0.05) is 24.3 Å². The largest absolute Gasteiger partial charge is 0.443 e. The smallest absolute Gasteiger partial charge is 0.417 e. The Labute approximate surface area is 152 Å². The molecule has 0 radical (unpaired) electrons. The summed E-state index contributed by atoms with van der Waals surface area (Å²) < 4.78 is 10.7. The van der Waals surface area contributed by atoms with Crippen LogP contribution in [0.4, 0.5) is 21.0 Å². The van der Waals surface area contributed by atoms with E-state index in [1.54, 1.807) is 41.3 Å². The minimum Gasteiger partial charge on any atom is -0.443 e. The quantitative estimate of drug-likeness (QED) is 0.856. The van der Waals surface area contributed by atoms with E-state index >= 15 is 0 Å². The third-order valence-corrected chi connectivity index (χ3v) is 3.83.